The maximum atomic E-state index is 11.2. The molecule has 0 aliphatic heterocycles. The quantitative estimate of drug-likeness (QED) is 0.229. The smallest absolute Gasteiger partial charge is 0.305 e. The van der Waals surface area contributed by atoms with Gasteiger partial charge in [0.15, 0.2) is 0 Å². The van der Waals surface area contributed by atoms with Crippen molar-refractivity contribution in [2.45, 2.75) is 103 Å². The molecule has 136 valence electrons. The fourth-order valence-corrected chi connectivity index (χ4v) is 2.65. The summed E-state index contributed by atoms with van der Waals surface area (Å²) in [4.78, 5) is 11.2. The Bertz CT molecular complexity index is 287. The fourth-order valence-electron chi connectivity index (χ4n) is 2.65. The maximum absolute atomic E-state index is 11.2. The van der Waals surface area contributed by atoms with Crippen LogP contribution in [-0.4, -0.2) is 23.8 Å². The van der Waals surface area contributed by atoms with Crippen molar-refractivity contribution in [3.63, 3.8) is 0 Å². The fraction of sp³-hybridized carbons (Fsp3) is 0.850. The molecule has 0 rings (SSSR count). The summed E-state index contributed by atoms with van der Waals surface area (Å²) in [5.74, 6) is -0.0521. The molecule has 1 atom stereocenters. The summed E-state index contributed by atoms with van der Waals surface area (Å²) in [6, 6.07) is 0. The summed E-state index contributed by atoms with van der Waals surface area (Å²) in [6.45, 7) is 4.44. The number of ether oxygens (including phenoxy) is 1. The van der Waals surface area contributed by atoms with E-state index in [2.05, 4.69) is 13.0 Å². The highest BCUT2D eigenvalue weighted by Gasteiger charge is 2.00. The molecule has 0 spiro atoms. The number of esters is 1. The lowest BCUT2D eigenvalue weighted by molar-refractivity contribution is -0.143. The van der Waals surface area contributed by atoms with Gasteiger partial charge in [-0.15, -0.1) is 0 Å². The second-order valence-electron chi connectivity index (χ2n) is 6.31. The van der Waals surface area contributed by atoms with Crippen LogP contribution in [0.25, 0.3) is 0 Å². The zero-order chi connectivity index (χ0) is 17.2. The van der Waals surface area contributed by atoms with Gasteiger partial charge in [0.25, 0.3) is 0 Å². The van der Waals surface area contributed by atoms with Gasteiger partial charge in [-0.2, -0.15) is 0 Å². The molecule has 3 heteroatoms. The number of hydrogen-bond donors (Lipinski definition) is 1. The Balaban J connectivity index is 3.17. The zero-order valence-corrected chi connectivity index (χ0v) is 15.4. The van der Waals surface area contributed by atoms with Crippen LogP contribution in [0.5, 0.6) is 0 Å². The average Bonchev–Trinajstić information content (AvgIpc) is 2.52. The van der Waals surface area contributed by atoms with Crippen LogP contribution in [0.15, 0.2) is 12.2 Å². The highest BCUT2D eigenvalue weighted by molar-refractivity contribution is 5.69. The minimum atomic E-state index is -0.246. The Morgan fingerprint density at radius 2 is 1.52 bits per heavy atom. The van der Waals surface area contributed by atoms with Gasteiger partial charge in [-0.1, -0.05) is 70.4 Å². The molecule has 0 radical (unpaired) electrons. The Morgan fingerprint density at radius 3 is 2.09 bits per heavy atom. The molecule has 0 saturated heterocycles. The minimum Gasteiger partial charge on any atom is -0.466 e. The summed E-state index contributed by atoms with van der Waals surface area (Å²) < 4.78 is 4.91. The van der Waals surface area contributed by atoms with Crippen LogP contribution in [0.4, 0.5) is 0 Å². The third-order valence-corrected chi connectivity index (χ3v) is 4.00. The zero-order valence-electron chi connectivity index (χ0n) is 15.4. The number of unbranched alkanes of at least 4 members (excludes halogenated alkanes) is 9. The van der Waals surface area contributed by atoms with E-state index in [9.17, 15) is 9.90 Å². The molecule has 3 nitrogen and oxygen atoms in total. The molecule has 1 N–H and O–H groups in total. The van der Waals surface area contributed by atoms with E-state index in [1.165, 1.54) is 44.9 Å². The van der Waals surface area contributed by atoms with Crippen LogP contribution < -0.4 is 0 Å². The first kappa shape index (κ1) is 22.2. The molecule has 0 aliphatic rings. The monoisotopic (exact) mass is 326 g/mol. The summed E-state index contributed by atoms with van der Waals surface area (Å²) in [5.41, 5.74) is 0. The summed E-state index contributed by atoms with van der Waals surface area (Å²) in [6.07, 6.45) is 18.5. The molecule has 0 aromatic rings. The van der Waals surface area contributed by atoms with Crippen LogP contribution in [0.2, 0.25) is 0 Å². The van der Waals surface area contributed by atoms with E-state index in [1.54, 1.807) is 0 Å². The van der Waals surface area contributed by atoms with Crippen LogP contribution in [0, 0.1) is 0 Å². The SMILES string of the molecule is CCCC(O)C=CCCCCCCCCCCCC(=O)OCC. The maximum Gasteiger partial charge on any atom is 0.305 e. The van der Waals surface area contributed by atoms with Crippen LogP contribution >= 0.6 is 0 Å². The molecule has 0 aromatic heterocycles. The van der Waals surface area contributed by atoms with Gasteiger partial charge in [-0.05, 0) is 32.6 Å². The van der Waals surface area contributed by atoms with E-state index in [1.807, 2.05) is 13.0 Å². The highest BCUT2D eigenvalue weighted by Crippen LogP contribution is 2.12. The second-order valence-corrected chi connectivity index (χ2v) is 6.31. The van der Waals surface area contributed by atoms with Crippen molar-refractivity contribution in [3.05, 3.63) is 12.2 Å². The number of allylic oxidation sites excluding steroid dienone is 1. The summed E-state index contributed by atoms with van der Waals surface area (Å²) in [5, 5.41) is 9.56. The van der Waals surface area contributed by atoms with E-state index in [0.29, 0.717) is 13.0 Å². The van der Waals surface area contributed by atoms with Crippen molar-refractivity contribution >= 4 is 5.97 Å². The molecule has 0 heterocycles. The van der Waals surface area contributed by atoms with E-state index in [4.69, 9.17) is 4.74 Å². The predicted octanol–water partition coefficient (Wildman–Crippen LogP) is 5.56. The largest absolute Gasteiger partial charge is 0.466 e. The summed E-state index contributed by atoms with van der Waals surface area (Å²) >= 11 is 0. The lowest BCUT2D eigenvalue weighted by atomic mass is 10.1. The number of carbonyl (C=O) groups excluding carboxylic acids is 1. The van der Waals surface area contributed by atoms with Crippen molar-refractivity contribution in [3.8, 4) is 0 Å². The third-order valence-electron chi connectivity index (χ3n) is 4.00. The standard InChI is InChI=1S/C20H38O3/c1-3-16-19(21)17-14-12-10-8-6-5-7-9-11-13-15-18-20(22)23-4-2/h14,17,19,21H,3-13,15-16,18H2,1-2H3. The van der Waals surface area contributed by atoms with Gasteiger partial charge in [0, 0.05) is 6.42 Å². The molecule has 0 aliphatic carbocycles. The van der Waals surface area contributed by atoms with E-state index in [-0.39, 0.29) is 12.1 Å². The lowest BCUT2D eigenvalue weighted by Crippen LogP contribution is -2.03. The molecular formula is C20H38O3. The average molecular weight is 327 g/mol. The Hall–Kier alpha value is -0.830. The van der Waals surface area contributed by atoms with Crippen molar-refractivity contribution < 1.29 is 14.6 Å². The van der Waals surface area contributed by atoms with Gasteiger partial charge in [0.05, 0.1) is 12.7 Å². The number of hydrogen-bond acceptors (Lipinski definition) is 3. The van der Waals surface area contributed by atoms with Crippen LogP contribution in [0.1, 0.15) is 97.3 Å². The molecule has 23 heavy (non-hydrogen) atoms. The van der Waals surface area contributed by atoms with Gasteiger partial charge in [-0.25, -0.2) is 0 Å². The second kappa shape index (κ2) is 17.5. The molecule has 0 saturated carbocycles. The van der Waals surface area contributed by atoms with Crippen molar-refractivity contribution in [2.24, 2.45) is 0 Å². The number of carbonyl (C=O) groups is 1. The van der Waals surface area contributed by atoms with E-state index in [0.717, 1.165) is 32.1 Å². The van der Waals surface area contributed by atoms with E-state index >= 15 is 0 Å². The van der Waals surface area contributed by atoms with Crippen molar-refractivity contribution in [1.29, 1.82) is 0 Å². The van der Waals surface area contributed by atoms with Gasteiger partial charge in [0.2, 0.25) is 0 Å². The predicted molar refractivity (Wildman–Crippen MR) is 97.5 cm³/mol. The number of aliphatic hydroxyl groups is 1. The molecule has 1 unspecified atom stereocenters. The first-order valence-corrected chi connectivity index (χ1v) is 9.71. The Morgan fingerprint density at radius 1 is 0.957 bits per heavy atom. The first-order chi connectivity index (χ1) is 11.2. The lowest BCUT2D eigenvalue weighted by Gasteiger charge is -2.03. The van der Waals surface area contributed by atoms with Gasteiger partial charge in [-0.3, -0.25) is 4.79 Å². The molecule has 0 fully saturated rings. The highest BCUT2D eigenvalue weighted by atomic mass is 16.5. The third kappa shape index (κ3) is 17.4. The number of rotatable bonds is 16. The van der Waals surface area contributed by atoms with Crippen LogP contribution in [0.3, 0.4) is 0 Å². The Labute approximate surface area is 143 Å². The molecule has 0 bridgehead atoms. The molecular weight excluding hydrogens is 288 g/mol. The Kier molecular flexibility index (Phi) is 16.9. The van der Waals surface area contributed by atoms with Crippen molar-refractivity contribution in [2.75, 3.05) is 6.61 Å². The molecule has 0 amide bonds. The topological polar surface area (TPSA) is 46.5 Å². The summed E-state index contributed by atoms with van der Waals surface area (Å²) in [7, 11) is 0. The first-order valence-electron chi connectivity index (χ1n) is 9.71. The molecule has 0 aromatic carbocycles. The van der Waals surface area contributed by atoms with Gasteiger partial charge in [0.1, 0.15) is 0 Å². The van der Waals surface area contributed by atoms with Gasteiger partial charge >= 0.3 is 5.97 Å². The minimum absolute atomic E-state index is 0.0521. The van der Waals surface area contributed by atoms with Crippen molar-refractivity contribution in [1.82, 2.24) is 0 Å². The van der Waals surface area contributed by atoms with Gasteiger partial charge < -0.3 is 9.84 Å². The normalized spacial score (nSPS) is 12.7. The van der Waals surface area contributed by atoms with Crippen LogP contribution in [-0.2, 0) is 9.53 Å². The number of aliphatic hydroxyl groups excluding tert-OH is 1. The van der Waals surface area contributed by atoms with E-state index < -0.39 is 0 Å².